The van der Waals surface area contributed by atoms with Crippen molar-refractivity contribution in [1.82, 2.24) is 9.71 Å². The Morgan fingerprint density at radius 1 is 1.43 bits per heavy atom. The van der Waals surface area contributed by atoms with Crippen molar-refractivity contribution >= 4 is 11.5 Å². The Hall–Kier alpha value is -1.72. The SMILES string of the molecule is N=c1ncc(N2CCCC2)c(N)n1O. The molecule has 2 rings (SSSR count). The number of nitrogens with zero attached hydrogens (tertiary/aromatic N) is 3. The molecule has 1 aliphatic heterocycles. The van der Waals surface area contributed by atoms with Crippen LogP contribution < -0.4 is 16.3 Å². The molecule has 0 radical (unpaired) electrons. The van der Waals surface area contributed by atoms with Crippen LogP contribution in [-0.2, 0) is 0 Å². The molecule has 6 nitrogen and oxygen atoms in total. The fraction of sp³-hybridized carbons (Fsp3) is 0.500. The van der Waals surface area contributed by atoms with Crippen molar-refractivity contribution in [1.29, 1.82) is 5.41 Å². The molecule has 4 N–H and O–H groups in total. The van der Waals surface area contributed by atoms with Gasteiger partial charge >= 0.3 is 0 Å². The van der Waals surface area contributed by atoms with Crippen molar-refractivity contribution in [2.75, 3.05) is 23.7 Å². The van der Waals surface area contributed by atoms with Crippen LogP contribution in [0.25, 0.3) is 0 Å². The van der Waals surface area contributed by atoms with Gasteiger partial charge in [-0.2, -0.15) is 0 Å². The van der Waals surface area contributed by atoms with Gasteiger partial charge in [0.1, 0.15) is 0 Å². The van der Waals surface area contributed by atoms with E-state index in [0.717, 1.165) is 25.9 Å². The summed E-state index contributed by atoms with van der Waals surface area (Å²) in [6.45, 7) is 1.87. The first kappa shape index (κ1) is 8.86. The van der Waals surface area contributed by atoms with Gasteiger partial charge in [-0.3, -0.25) is 5.41 Å². The van der Waals surface area contributed by atoms with Gasteiger partial charge in [0.25, 0.3) is 5.62 Å². The molecular formula is C8H13N5O. The lowest BCUT2D eigenvalue weighted by Crippen LogP contribution is -2.28. The van der Waals surface area contributed by atoms with Gasteiger partial charge in [0, 0.05) is 13.1 Å². The molecule has 0 bridgehead atoms. The van der Waals surface area contributed by atoms with Crippen molar-refractivity contribution in [3.8, 4) is 0 Å². The topological polar surface area (TPSA) is 91.2 Å². The normalized spacial score (nSPS) is 16.1. The third kappa shape index (κ3) is 1.28. The average molecular weight is 195 g/mol. The standard InChI is InChI=1S/C8H13N5O/c9-7-6(12-3-1-2-4-12)5-11-8(10)13(7)14/h5,10,14H,1-4,9H2. The van der Waals surface area contributed by atoms with Crippen LogP contribution in [0.3, 0.4) is 0 Å². The van der Waals surface area contributed by atoms with Crippen molar-refractivity contribution in [2.24, 2.45) is 0 Å². The van der Waals surface area contributed by atoms with Gasteiger partial charge in [0.2, 0.25) is 0 Å². The van der Waals surface area contributed by atoms with E-state index in [1.165, 1.54) is 6.20 Å². The summed E-state index contributed by atoms with van der Waals surface area (Å²) >= 11 is 0. The second-order valence-electron chi connectivity index (χ2n) is 3.36. The molecule has 0 aliphatic carbocycles. The van der Waals surface area contributed by atoms with Crippen LogP contribution >= 0.6 is 0 Å². The lowest BCUT2D eigenvalue weighted by atomic mass is 10.4. The summed E-state index contributed by atoms with van der Waals surface area (Å²) < 4.78 is 0.605. The predicted octanol–water partition coefficient (Wildman–Crippen LogP) is -0.218. The Balaban J connectivity index is 2.43. The van der Waals surface area contributed by atoms with Crippen LogP contribution in [0.5, 0.6) is 0 Å². The fourth-order valence-electron chi connectivity index (χ4n) is 1.67. The van der Waals surface area contributed by atoms with E-state index in [2.05, 4.69) is 9.88 Å². The number of rotatable bonds is 1. The largest absolute Gasteiger partial charge is 0.423 e. The molecule has 2 heterocycles. The third-order valence-electron chi connectivity index (χ3n) is 2.45. The van der Waals surface area contributed by atoms with E-state index < -0.39 is 0 Å². The summed E-state index contributed by atoms with van der Waals surface area (Å²) in [6, 6.07) is 0. The van der Waals surface area contributed by atoms with Gasteiger partial charge in [0.15, 0.2) is 5.82 Å². The van der Waals surface area contributed by atoms with Crippen molar-refractivity contribution in [3.63, 3.8) is 0 Å². The Bertz CT molecular complexity index is 393. The summed E-state index contributed by atoms with van der Waals surface area (Å²) in [5.74, 6) is 0.187. The van der Waals surface area contributed by atoms with Gasteiger partial charge in [-0.25, -0.2) is 4.98 Å². The highest BCUT2D eigenvalue weighted by molar-refractivity contribution is 5.62. The van der Waals surface area contributed by atoms with Crippen LogP contribution in [0, 0.1) is 5.41 Å². The van der Waals surface area contributed by atoms with E-state index in [0.29, 0.717) is 10.4 Å². The van der Waals surface area contributed by atoms with Crippen LogP contribution in [0.4, 0.5) is 11.5 Å². The molecule has 0 unspecified atom stereocenters. The van der Waals surface area contributed by atoms with E-state index in [1.807, 2.05) is 0 Å². The van der Waals surface area contributed by atoms with Gasteiger partial charge in [-0.05, 0) is 12.8 Å². The average Bonchev–Trinajstić information content (AvgIpc) is 2.67. The minimum atomic E-state index is -0.245. The van der Waals surface area contributed by atoms with Crippen molar-refractivity contribution in [3.05, 3.63) is 11.8 Å². The zero-order valence-corrected chi connectivity index (χ0v) is 7.77. The first-order valence-corrected chi connectivity index (χ1v) is 4.56. The van der Waals surface area contributed by atoms with Gasteiger partial charge < -0.3 is 15.8 Å². The summed E-state index contributed by atoms with van der Waals surface area (Å²) in [6.07, 6.45) is 3.80. The Labute approximate surface area is 81.1 Å². The van der Waals surface area contributed by atoms with E-state index in [4.69, 9.17) is 11.1 Å². The summed E-state index contributed by atoms with van der Waals surface area (Å²) in [5.41, 5.74) is 6.14. The highest BCUT2D eigenvalue weighted by Gasteiger charge is 2.16. The molecule has 0 saturated carbocycles. The molecule has 14 heavy (non-hydrogen) atoms. The molecular weight excluding hydrogens is 182 g/mol. The summed E-state index contributed by atoms with van der Waals surface area (Å²) in [5, 5.41) is 16.6. The highest BCUT2D eigenvalue weighted by Crippen LogP contribution is 2.23. The summed E-state index contributed by atoms with van der Waals surface area (Å²) in [7, 11) is 0. The summed E-state index contributed by atoms with van der Waals surface area (Å²) in [4.78, 5) is 5.81. The van der Waals surface area contributed by atoms with Crippen LogP contribution in [0.1, 0.15) is 12.8 Å². The van der Waals surface area contributed by atoms with E-state index in [1.54, 1.807) is 0 Å². The molecule has 76 valence electrons. The molecule has 1 aliphatic rings. The molecule has 1 aromatic heterocycles. The van der Waals surface area contributed by atoms with E-state index >= 15 is 0 Å². The molecule has 0 atom stereocenters. The second-order valence-corrected chi connectivity index (χ2v) is 3.36. The maximum atomic E-state index is 9.36. The monoisotopic (exact) mass is 195 g/mol. The molecule has 1 aromatic rings. The zero-order chi connectivity index (χ0) is 10.1. The van der Waals surface area contributed by atoms with Gasteiger partial charge in [-0.15, -0.1) is 4.73 Å². The predicted molar refractivity (Wildman–Crippen MR) is 51.1 cm³/mol. The third-order valence-corrected chi connectivity index (χ3v) is 2.45. The fourth-order valence-corrected chi connectivity index (χ4v) is 1.67. The molecule has 0 aromatic carbocycles. The number of anilines is 2. The maximum absolute atomic E-state index is 9.36. The Morgan fingerprint density at radius 2 is 2.07 bits per heavy atom. The molecule has 0 amide bonds. The Kier molecular flexibility index (Phi) is 2.03. The minimum Gasteiger partial charge on any atom is -0.423 e. The number of hydrogen-bond donors (Lipinski definition) is 3. The van der Waals surface area contributed by atoms with Crippen LogP contribution in [-0.4, -0.2) is 28.0 Å². The van der Waals surface area contributed by atoms with Gasteiger partial charge in [-0.1, -0.05) is 0 Å². The smallest absolute Gasteiger partial charge is 0.257 e. The molecule has 0 spiro atoms. The lowest BCUT2D eigenvalue weighted by molar-refractivity contribution is 0.172. The molecule has 1 fully saturated rings. The minimum absolute atomic E-state index is 0.187. The van der Waals surface area contributed by atoms with Crippen molar-refractivity contribution < 1.29 is 5.21 Å². The van der Waals surface area contributed by atoms with E-state index in [9.17, 15) is 5.21 Å². The quantitative estimate of drug-likeness (QED) is 0.540. The highest BCUT2D eigenvalue weighted by atomic mass is 16.5. The number of hydrogen-bond acceptors (Lipinski definition) is 5. The number of nitrogens with two attached hydrogens (primary N) is 1. The Morgan fingerprint density at radius 3 is 2.71 bits per heavy atom. The first-order chi connectivity index (χ1) is 6.70. The first-order valence-electron chi connectivity index (χ1n) is 4.56. The second kappa shape index (κ2) is 3.21. The van der Waals surface area contributed by atoms with Crippen molar-refractivity contribution in [2.45, 2.75) is 12.8 Å². The molecule has 6 heteroatoms. The number of aromatic nitrogens is 2. The van der Waals surface area contributed by atoms with Crippen LogP contribution in [0.15, 0.2) is 6.20 Å². The lowest BCUT2D eigenvalue weighted by Gasteiger charge is -2.19. The number of nitrogens with one attached hydrogen (secondary N) is 1. The number of nitrogen functional groups attached to an aromatic ring is 1. The van der Waals surface area contributed by atoms with Crippen LogP contribution in [0.2, 0.25) is 0 Å². The maximum Gasteiger partial charge on any atom is 0.257 e. The zero-order valence-electron chi connectivity index (χ0n) is 7.77. The van der Waals surface area contributed by atoms with Gasteiger partial charge in [0.05, 0.1) is 11.9 Å². The molecule has 1 saturated heterocycles. The van der Waals surface area contributed by atoms with E-state index in [-0.39, 0.29) is 11.4 Å².